The molecule has 1 heterocycles. The molecule has 25 heavy (non-hydrogen) atoms. The molecule has 0 saturated heterocycles. The molecule has 0 fully saturated rings. The van der Waals surface area contributed by atoms with E-state index in [1.807, 2.05) is 0 Å². The average molecular weight is 346 g/mol. The van der Waals surface area contributed by atoms with E-state index >= 15 is 0 Å². The first-order valence-corrected chi connectivity index (χ1v) is 8.04. The van der Waals surface area contributed by atoms with E-state index in [2.05, 4.69) is 0 Å². The summed E-state index contributed by atoms with van der Waals surface area (Å²) in [5.41, 5.74) is 1.37. The van der Waals surface area contributed by atoms with Crippen LogP contribution in [-0.4, -0.2) is 47.7 Å². The fourth-order valence-electron chi connectivity index (χ4n) is 3.22. The zero-order valence-corrected chi connectivity index (χ0v) is 14.1. The van der Waals surface area contributed by atoms with Crippen molar-refractivity contribution in [3.05, 3.63) is 65.5 Å². The van der Waals surface area contributed by atoms with Crippen LogP contribution in [0.1, 0.15) is 11.6 Å². The fraction of sp³-hybridized carbons (Fsp3) is 0.316. The first-order chi connectivity index (χ1) is 11.9. The minimum absolute atomic E-state index is 0.0894. The topological polar surface area (TPSA) is 43.8 Å². The molecule has 132 valence electrons. The average Bonchev–Trinajstić information content (AvgIpc) is 3.01. The van der Waals surface area contributed by atoms with Gasteiger partial charge in [-0.1, -0.05) is 18.2 Å². The van der Waals surface area contributed by atoms with Gasteiger partial charge in [-0.05, 0) is 41.5 Å². The number of carbonyl (C=O) groups is 1. The summed E-state index contributed by atoms with van der Waals surface area (Å²) in [7, 11) is 3.28. The van der Waals surface area contributed by atoms with E-state index in [-0.39, 0.29) is 18.3 Å². The summed E-state index contributed by atoms with van der Waals surface area (Å²) in [5, 5.41) is 9.74. The molecule has 4 nitrogen and oxygen atoms in total. The molecule has 1 aliphatic heterocycles. The molecule has 0 aromatic heterocycles. The molecule has 0 radical (unpaired) electrons. The summed E-state index contributed by atoms with van der Waals surface area (Å²) >= 11 is 0. The lowest BCUT2D eigenvalue weighted by molar-refractivity contribution is 0.168. The number of alkyl halides is 1. The van der Waals surface area contributed by atoms with Gasteiger partial charge in [0.05, 0.1) is 6.04 Å². The molecule has 3 unspecified atom stereocenters. The number of aromatic hydroxyl groups is 1. The van der Waals surface area contributed by atoms with Crippen molar-refractivity contribution in [1.82, 2.24) is 9.80 Å². The number of phenolic OH excluding ortho intramolecular Hbond substituents is 1. The maximum Gasteiger partial charge on any atom is 0.320 e. The number of phenols is 1. The van der Waals surface area contributed by atoms with Gasteiger partial charge in [-0.2, -0.15) is 0 Å². The summed E-state index contributed by atoms with van der Waals surface area (Å²) in [5.74, 6) is -1.12. The third-order valence-electron chi connectivity index (χ3n) is 4.45. The van der Waals surface area contributed by atoms with Crippen LogP contribution in [0.25, 0.3) is 0 Å². The Morgan fingerprint density at radius 3 is 2.76 bits per heavy atom. The largest absolute Gasteiger partial charge is 0.508 e. The predicted molar refractivity (Wildman–Crippen MR) is 91.4 cm³/mol. The quantitative estimate of drug-likeness (QED) is 0.829. The maximum atomic E-state index is 14.3. The van der Waals surface area contributed by atoms with Crippen LogP contribution in [0.4, 0.5) is 13.6 Å². The zero-order chi connectivity index (χ0) is 18.1. The molecule has 2 amide bonds. The summed E-state index contributed by atoms with van der Waals surface area (Å²) in [6, 6.07) is 5.93. The molecule has 3 rings (SSSR count). The van der Waals surface area contributed by atoms with Gasteiger partial charge in [-0.3, -0.25) is 0 Å². The Kier molecular flexibility index (Phi) is 4.61. The lowest BCUT2D eigenvalue weighted by atomic mass is 9.90. The third kappa shape index (κ3) is 3.43. The number of halogens is 2. The van der Waals surface area contributed by atoms with Crippen LogP contribution >= 0.6 is 0 Å². The van der Waals surface area contributed by atoms with E-state index in [0.29, 0.717) is 5.57 Å². The van der Waals surface area contributed by atoms with E-state index in [4.69, 9.17) is 0 Å². The molecular weight excluding hydrogens is 326 g/mol. The Morgan fingerprint density at radius 2 is 2.08 bits per heavy atom. The van der Waals surface area contributed by atoms with E-state index in [1.165, 1.54) is 17.1 Å². The second kappa shape index (κ2) is 6.70. The van der Waals surface area contributed by atoms with Crippen LogP contribution in [0, 0.1) is 5.92 Å². The van der Waals surface area contributed by atoms with Crippen LogP contribution in [0.15, 0.2) is 60.0 Å². The van der Waals surface area contributed by atoms with Crippen LogP contribution in [0.3, 0.4) is 0 Å². The number of carbonyl (C=O) groups excluding carboxylic acids is 1. The van der Waals surface area contributed by atoms with Crippen molar-refractivity contribution in [2.45, 2.75) is 12.2 Å². The Hall–Kier alpha value is -2.63. The van der Waals surface area contributed by atoms with Crippen LogP contribution in [0.2, 0.25) is 0 Å². The minimum atomic E-state index is -1.33. The molecule has 1 aliphatic carbocycles. The van der Waals surface area contributed by atoms with E-state index in [1.54, 1.807) is 49.3 Å². The van der Waals surface area contributed by atoms with E-state index in [9.17, 15) is 18.7 Å². The molecule has 0 saturated carbocycles. The van der Waals surface area contributed by atoms with E-state index in [0.717, 1.165) is 11.6 Å². The van der Waals surface area contributed by atoms with Crippen LogP contribution in [-0.2, 0) is 0 Å². The number of amides is 2. The van der Waals surface area contributed by atoms with Crippen LogP contribution < -0.4 is 0 Å². The number of allylic oxidation sites excluding steroid dienone is 4. The highest BCUT2D eigenvalue weighted by Crippen LogP contribution is 2.38. The molecular formula is C19H20F2N2O2. The van der Waals surface area contributed by atoms with E-state index < -0.39 is 24.0 Å². The Morgan fingerprint density at radius 1 is 1.32 bits per heavy atom. The van der Waals surface area contributed by atoms with Gasteiger partial charge in [-0.25, -0.2) is 13.6 Å². The van der Waals surface area contributed by atoms with Gasteiger partial charge in [0.2, 0.25) is 0 Å². The van der Waals surface area contributed by atoms with Gasteiger partial charge in [0.1, 0.15) is 17.7 Å². The van der Waals surface area contributed by atoms with Crippen molar-refractivity contribution in [2.75, 3.05) is 20.6 Å². The molecule has 0 bridgehead atoms. The van der Waals surface area contributed by atoms with Crippen molar-refractivity contribution in [3.8, 4) is 5.75 Å². The summed E-state index contributed by atoms with van der Waals surface area (Å²) in [4.78, 5) is 15.6. The highest BCUT2D eigenvalue weighted by Gasteiger charge is 2.36. The van der Waals surface area contributed by atoms with Crippen molar-refractivity contribution in [3.63, 3.8) is 0 Å². The number of benzene rings is 1. The second-order valence-electron chi connectivity index (χ2n) is 6.47. The Balaban J connectivity index is 1.97. The molecule has 0 spiro atoms. The summed E-state index contributed by atoms with van der Waals surface area (Å²) < 4.78 is 27.8. The minimum Gasteiger partial charge on any atom is -0.508 e. The molecule has 6 heteroatoms. The lowest BCUT2D eigenvalue weighted by Gasteiger charge is -2.29. The maximum absolute atomic E-state index is 14.3. The van der Waals surface area contributed by atoms with Crippen molar-refractivity contribution >= 4 is 6.03 Å². The first kappa shape index (κ1) is 17.2. The molecule has 1 N–H and O–H groups in total. The van der Waals surface area contributed by atoms with Gasteiger partial charge in [-0.15, -0.1) is 0 Å². The summed E-state index contributed by atoms with van der Waals surface area (Å²) in [6.45, 7) is 0.208. The standard InChI is InChI=1S/C19H20F2N2O2/c1-22(2)19(25)23-11-13(16-10-14(20)6-7-17(16)21)9-18(23)12-4-3-5-15(24)8-12/h3-10,16-18,24H,11H2,1-2H3. The van der Waals surface area contributed by atoms with Crippen molar-refractivity contribution < 1.29 is 18.7 Å². The smallest absolute Gasteiger partial charge is 0.320 e. The van der Waals surface area contributed by atoms with Crippen molar-refractivity contribution in [2.24, 2.45) is 5.92 Å². The van der Waals surface area contributed by atoms with Crippen molar-refractivity contribution in [1.29, 1.82) is 0 Å². The lowest BCUT2D eigenvalue weighted by Crippen LogP contribution is -2.40. The van der Waals surface area contributed by atoms with Gasteiger partial charge in [0.25, 0.3) is 0 Å². The second-order valence-corrected chi connectivity index (χ2v) is 6.47. The third-order valence-corrected chi connectivity index (χ3v) is 4.45. The number of urea groups is 1. The Bertz CT molecular complexity index is 770. The van der Waals surface area contributed by atoms with Gasteiger partial charge in [0, 0.05) is 26.6 Å². The molecule has 3 atom stereocenters. The molecule has 1 aromatic carbocycles. The zero-order valence-electron chi connectivity index (χ0n) is 14.1. The highest BCUT2D eigenvalue weighted by molar-refractivity contribution is 5.76. The number of hydrogen-bond acceptors (Lipinski definition) is 2. The predicted octanol–water partition coefficient (Wildman–Crippen LogP) is 3.73. The molecule has 1 aromatic rings. The fourth-order valence-corrected chi connectivity index (χ4v) is 3.22. The normalized spacial score (nSPS) is 25.6. The monoisotopic (exact) mass is 346 g/mol. The van der Waals surface area contributed by atoms with Gasteiger partial charge >= 0.3 is 6.03 Å². The van der Waals surface area contributed by atoms with Crippen LogP contribution in [0.5, 0.6) is 5.75 Å². The number of hydrogen-bond donors (Lipinski definition) is 1. The highest BCUT2D eigenvalue weighted by atomic mass is 19.1. The number of nitrogens with zero attached hydrogens (tertiary/aromatic N) is 2. The summed E-state index contributed by atoms with van der Waals surface area (Å²) in [6.07, 6.45) is 4.02. The number of rotatable bonds is 2. The SMILES string of the molecule is CN(C)C(=O)N1CC(C2C=C(F)C=CC2F)=CC1c1cccc(O)c1. The molecule has 2 aliphatic rings. The first-order valence-electron chi connectivity index (χ1n) is 8.04. The van der Waals surface area contributed by atoms with Gasteiger partial charge < -0.3 is 14.9 Å². The Labute approximate surface area is 145 Å². The van der Waals surface area contributed by atoms with Gasteiger partial charge in [0.15, 0.2) is 0 Å².